The molecule has 12 heteroatoms. The molecule has 3 N–H and O–H groups in total. The summed E-state index contributed by atoms with van der Waals surface area (Å²) in [6, 6.07) is 16.3. The number of likely N-dealkylation sites (N-methyl/N-ethyl adjacent to an activating group) is 1. The summed E-state index contributed by atoms with van der Waals surface area (Å²) >= 11 is 7.39. The zero-order chi connectivity index (χ0) is 25.8. The number of rotatable bonds is 9. The van der Waals surface area contributed by atoms with Crippen LogP contribution in [0.1, 0.15) is 0 Å². The van der Waals surface area contributed by atoms with Crippen molar-refractivity contribution in [2.24, 2.45) is 0 Å². The molecular formula is C25H28ClN7O2S2. The van der Waals surface area contributed by atoms with Gasteiger partial charge in [0.2, 0.25) is 16.0 Å². The Morgan fingerprint density at radius 2 is 1.68 bits per heavy atom. The van der Waals surface area contributed by atoms with Gasteiger partial charge in [0.1, 0.15) is 5.82 Å². The van der Waals surface area contributed by atoms with Crippen LogP contribution in [0.5, 0.6) is 0 Å². The predicted molar refractivity (Wildman–Crippen MR) is 152 cm³/mol. The first-order valence-electron chi connectivity index (χ1n) is 11.9. The number of benzene rings is 2. The van der Waals surface area contributed by atoms with Gasteiger partial charge in [0.05, 0.1) is 15.1 Å². The number of anilines is 4. The molecule has 0 amide bonds. The summed E-state index contributed by atoms with van der Waals surface area (Å²) in [4.78, 5) is 14.2. The summed E-state index contributed by atoms with van der Waals surface area (Å²) < 4.78 is 28.5. The second-order valence-corrected chi connectivity index (χ2v) is 11.9. The second kappa shape index (κ2) is 11.2. The topological polar surface area (TPSA) is 102 Å². The van der Waals surface area contributed by atoms with Gasteiger partial charge in [-0.15, -0.1) is 11.3 Å². The van der Waals surface area contributed by atoms with E-state index < -0.39 is 10.0 Å². The molecule has 0 spiro atoms. The molecule has 1 aliphatic heterocycles. The van der Waals surface area contributed by atoms with Crippen LogP contribution in [0.25, 0.3) is 10.2 Å². The largest absolute Gasteiger partial charge is 0.369 e. The van der Waals surface area contributed by atoms with Gasteiger partial charge in [-0.2, -0.15) is 4.98 Å². The van der Waals surface area contributed by atoms with Gasteiger partial charge in [0.15, 0.2) is 0 Å². The van der Waals surface area contributed by atoms with Crippen molar-refractivity contribution in [3.05, 3.63) is 65.0 Å². The van der Waals surface area contributed by atoms with Crippen LogP contribution in [0.15, 0.2) is 64.9 Å². The molecule has 9 nitrogen and oxygen atoms in total. The van der Waals surface area contributed by atoms with Gasteiger partial charge in [-0.1, -0.05) is 11.6 Å². The molecule has 2 aromatic heterocycles. The first-order chi connectivity index (χ1) is 17.9. The maximum absolute atomic E-state index is 12.5. The Bertz CT molecular complexity index is 1450. The lowest BCUT2D eigenvalue weighted by atomic mass is 10.2. The number of nitrogens with one attached hydrogen (secondary N) is 3. The van der Waals surface area contributed by atoms with E-state index >= 15 is 0 Å². The van der Waals surface area contributed by atoms with Crippen molar-refractivity contribution in [1.82, 2.24) is 19.6 Å². The maximum Gasteiger partial charge on any atom is 0.240 e. The lowest BCUT2D eigenvalue weighted by Gasteiger charge is -2.34. The molecule has 37 heavy (non-hydrogen) atoms. The molecule has 3 heterocycles. The Balaban J connectivity index is 1.22. The number of fused-ring (bicyclic) bond motifs is 1. The molecule has 1 aliphatic rings. The van der Waals surface area contributed by atoms with Crippen molar-refractivity contribution in [2.75, 3.05) is 61.8 Å². The van der Waals surface area contributed by atoms with Crippen LogP contribution in [0.2, 0.25) is 5.02 Å². The van der Waals surface area contributed by atoms with E-state index in [4.69, 9.17) is 11.6 Å². The number of hydrogen-bond acceptors (Lipinski definition) is 9. The summed E-state index contributed by atoms with van der Waals surface area (Å²) in [5.74, 6) is 1.13. The van der Waals surface area contributed by atoms with Gasteiger partial charge >= 0.3 is 0 Å². The molecule has 4 aromatic rings. The fourth-order valence-electron chi connectivity index (χ4n) is 4.05. The van der Waals surface area contributed by atoms with Gasteiger partial charge in [-0.3, -0.25) is 0 Å². The first kappa shape index (κ1) is 25.7. The third kappa shape index (κ3) is 6.31. The van der Waals surface area contributed by atoms with Gasteiger partial charge in [-0.05, 0) is 67.0 Å². The quantitative estimate of drug-likeness (QED) is 0.263. The fourth-order valence-corrected chi connectivity index (χ4v) is 6.01. The minimum absolute atomic E-state index is 0.171. The molecule has 0 aliphatic carbocycles. The average molecular weight is 558 g/mol. The summed E-state index contributed by atoms with van der Waals surface area (Å²) in [6.07, 6.45) is 0. The first-order valence-corrected chi connectivity index (χ1v) is 14.7. The molecule has 1 saturated heterocycles. The Morgan fingerprint density at radius 3 is 2.41 bits per heavy atom. The van der Waals surface area contributed by atoms with Crippen LogP contribution in [0.3, 0.4) is 0 Å². The summed E-state index contributed by atoms with van der Waals surface area (Å²) in [5.41, 5.74) is 2.92. The monoisotopic (exact) mass is 557 g/mol. The van der Waals surface area contributed by atoms with Crippen molar-refractivity contribution < 1.29 is 8.42 Å². The Hall–Kier alpha value is -2.96. The zero-order valence-corrected chi connectivity index (χ0v) is 22.7. The van der Waals surface area contributed by atoms with Gasteiger partial charge < -0.3 is 20.4 Å². The number of aromatic nitrogens is 2. The van der Waals surface area contributed by atoms with E-state index in [0.717, 1.165) is 42.1 Å². The Labute approximate surface area is 225 Å². The summed E-state index contributed by atoms with van der Waals surface area (Å²) in [7, 11) is -1.47. The summed E-state index contributed by atoms with van der Waals surface area (Å²) in [6.45, 7) is 4.71. The minimum atomic E-state index is -3.62. The number of nitrogens with zero attached hydrogens (tertiary/aromatic N) is 4. The SMILES string of the molecule is CN1CCN(c2ccc(Nc3nc(NCCNS(=O)(=O)c4ccc(Cl)cc4)c4sccc4n3)cc2)CC1. The van der Waals surface area contributed by atoms with Crippen LogP contribution in [0, 0.1) is 0 Å². The molecule has 1 fully saturated rings. The normalized spacial score (nSPS) is 14.7. The van der Waals surface area contributed by atoms with E-state index in [0.29, 0.717) is 23.3 Å². The highest BCUT2D eigenvalue weighted by molar-refractivity contribution is 7.89. The maximum atomic E-state index is 12.5. The van der Waals surface area contributed by atoms with E-state index in [1.807, 2.05) is 23.6 Å². The van der Waals surface area contributed by atoms with Crippen LogP contribution in [-0.2, 0) is 10.0 Å². The zero-order valence-electron chi connectivity index (χ0n) is 20.3. The van der Waals surface area contributed by atoms with E-state index in [-0.39, 0.29) is 11.4 Å². The number of hydrogen-bond donors (Lipinski definition) is 3. The van der Waals surface area contributed by atoms with Crippen molar-refractivity contribution in [1.29, 1.82) is 0 Å². The molecule has 0 atom stereocenters. The van der Waals surface area contributed by atoms with Crippen molar-refractivity contribution >= 4 is 66.3 Å². The van der Waals surface area contributed by atoms with E-state index in [2.05, 4.69) is 54.3 Å². The van der Waals surface area contributed by atoms with Gasteiger partial charge in [0.25, 0.3) is 0 Å². The van der Waals surface area contributed by atoms with Gasteiger partial charge in [0, 0.05) is 55.7 Å². The molecule has 2 aromatic carbocycles. The molecule has 0 bridgehead atoms. The number of sulfonamides is 1. The number of piperazine rings is 1. The number of halogens is 1. The summed E-state index contributed by atoms with van der Waals surface area (Å²) in [5, 5.41) is 8.99. The molecule has 0 radical (unpaired) electrons. The third-order valence-corrected chi connectivity index (χ3v) is 8.77. The molecular weight excluding hydrogens is 530 g/mol. The Morgan fingerprint density at radius 1 is 0.946 bits per heavy atom. The van der Waals surface area contributed by atoms with E-state index in [1.165, 1.54) is 29.2 Å². The van der Waals surface area contributed by atoms with Gasteiger partial charge in [-0.25, -0.2) is 18.1 Å². The van der Waals surface area contributed by atoms with Crippen LogP contribution < -0.4 is 20.3 Å². The van der Waals surface area contributed by atoms with E-state index in [9.17, 15) is 8.42 Å². The molecule has 194 valence electrons. The highest BCUT2D eigenvalue weighted by atomic mass is 35.5. The lowest BCUT2D eigenvalue weighted by Crippen LogP contribution is -2.44. The molecule has 0 saturated carbocycles. The van der Waals surface area contributed by atoms with Crippen molar-refractivity contribution in [3.63, 3.8) is 0 Å². The predicted octanol–water partition coefficient (Wildman–Crippen LogP) is 4.23. The van der Waals surface area contributed by atoms with E-state index in [1.54, 1.807) is 12.1 Å². The average Bonchev–Trinajstić information content (AvgIpc) is 3.37. The minimum Gasteiger partial charge on any atom is -0.369 e. The highest BCUT2D eigenvalue weighted by Crippen LogP contribution is 2.29. The smallest absolute Gasteiger partial charge is 0.240 e. The lowest BCUT2D eigenvalue weighted by molar-refractivity contribution is 0.313. The number of thiophene rings is 1. The van der Waals surface area contributed by atoms with Crippen LogP contribution >= 0.6 is 22.9 Å². The second-order valence-electron chi connectivity index (χ2n) is 8.77. The Kier molecular flexibility index (Phi) is 7.77. The standard InChI is InChI=1S/C25H28ClN7O2S2/c1-32-13-15-33(16-14-32)20-6-4-19(5-7-20)29-25-30-22-10-17-36-23(22)24(31-25)27-11-12-28-37(34,35)21-8-2-18(26)3-9-21/h2-10,17,28H,11-16H2,1H3,(H2,27,29,30,31). The van der Waals surface area contributed by atoms with Crippen LogP contribution in [0.4, 0.5) is 23.1 Å². The van der Waals surface area contributed by atoms with Crippen molar-refractivity contribution in [2.45, 2.75) is 4.90 Å². The highest BCUT2D eigenvalue weighted by Gasteiger charge is 2.15. The fraction of sp³-hybridized carbons (Fsp3) is 0.280. The molecule has 0 unspecified atom stereocenters. The molecule has 5 rings (SSSR count). The van der Waals surface area contributed by atoms with Crippen molar-refractivity contribution in [3.8, 4) is 0 Å². The van der Waals surface area contributed by atoms with Crippen LogP contribution in [-0.4, -0.2) is 69.6 Å². The third-order valence-electron chi connectivity index (χ3n) is 6.13.